The Morgan fingerprint density at radius 2 is 2.24 bits per heavy atom. The first-order chi connectivity index (χ1) is 8.20. The van der Waals surface area contributed by atoms with Gasteiger partial charge in [-0.15, -0.1) is 0 Å². The van der Waals surface area contributed by atoms with E-state index in [4.69, 9.17) is 16.9 Å². The van der Waals surface area contributed by atoms with Gasteiger partial charge in [0.15, 0.2) is 0 Å². The molecule has 0 aliphatic heterocycles. The van der Waals surface area contributed by atoms with Crippen molar-refractivity contribution in [1.29, 1.82) is 5.26 Å². The van der Waals surface area contributed by atoms with Crippen molar-refractivity contribution in [1.82, 2.24) is 4.57 Å². The van der Waals surface area contributed by atoms with Gasteiger partial charge in [0.05, 0.1) is 11.1 Å². The fourth-order valence-corrected chi connectivity index (χ4v) is 2.28. The number of hydrogen-bond donors (Lipinski definition) is 0. The molecule has 2 aromatic rings. The lowest BCUT2D eigenvalue weighted by atomic mass is 10.2. The van der Waals surface area contributed by atoms with Gasteiger partial charge in [0.2, 0.25) is 0 Å². The van der Waals surface area contributed by atoms with E-state index in [0.717, 1.165) is 12.8 Å². The third kappa shape index (κ3) is 1.89. The first kappa shape index (κ1) is 11.9. The Morgan fingerprint density at radius 1 is 1.47 bits per heavy atom. The lowest BCUT2D eigenvalue weighted by Gasteiger charge is -2.06. The van der Waals surface area contributed by atoms with Gasteiger partial charge < -0.3 is 4.57 Å². The number of hydrogen-bond acceptors (Lipinski definition) is 1. The Bertz CT molecular complexity index is 595. The fraction of sp³-hybridized carbons (Fsp3) is 0.308. The van der Waals surface area contributed by atoms with E-state index in [9.17, 15) is 4.39 Å². The maximum Gasteiger partial charge on any atom is 0.147 e. The number of para-hydroxylation sites is 1. The van der Waals surface area contributed by atoms with E-state index in [2.05, 4.69) is 6.92 Å². The van der Waals surface area contributed by atoms with Crippen molar-refractivity contribution < 1.29 is 4.39 Å². The van der Waals surface area contributed by atoms with Crippen molar-refractivity contribution in [3.63, 3.8) is 0 Å². The Hall–Kier alpha value is -1.53. The molecule has 0 saturated heterocycles. The number of rotatable bonds is 3. The van der Waals surface area contributed by atoms with Gasteiger partial charge >= 0.3 is 0 Å². The van der Waals surface area contributed by atoms with E-state index in [1.165, 1.54) is 6.07 Å². The van der Waals surface area contributed by atoms with E-state index in [0.29, 0.717) is 28.2 Å². The molecule has 0 saturated carbocycles. The second kappa shape index (κ2) is 4.77. The fourth-order valence-electron chi connectivity index (χ4n) is 1.97. The number of aromatic nitrogens is 1. The summed E-state index contributed by atoms with van der Waals surface area (Å²) in [6.45, 7) is 2.69. The van der Waals surface area contributed by atoms with Gasteiger partial charge in [-0.2, -0.15) is 5.26 Å². The molecule has 1 aromatic carbocycles. The highest BCUT2D eigenvalue weighted by Crippen LogP contribution is 2.31. The predicted octanol–water partition coefficient (Wildman–Crippen LogP) is 4.11. The van der Waals surface area contributed by atoms with Gasteiger partial charge in [0, 0.05) is 11.9 Å². The van der Waals surface area contributed by atoms with Crippen LogP contribution < -0.4 is 0 Å². The standard InChI is InChI=1S/C13H12ClFN2/c1-2-3-7-17-12-9(5-4-6-11(12)15)10(8-16)13(17)14/h4-6H,2-3,7H2,1H3. The van der Waals surface area contributed by atoms with E-state index < -0.39 is 0 Å². The number of fused-ring (bicyclic) bond motifs is 1. The molecule has 1 aromatic heterocycles. The number of halogens is 2. The highest BCUT2D eigenvalue weighted by Gasteiger charge is 2.17. The lowest BCUT2D eigenvalue weighted by molar-refractivity contribution is 0.607. The van der Waals surface area contributed by atoms with Crippen molar-refractivity contribution in [3.8, 4) is 6.07 Å². The molecule has 0 amide bonds. The van der Waals surface area contributed by atoms with E-state index in [1.807, 2.05) is 6.07 Å². The zero-order chi connectivity index (χ0) is 12.4. The Balaban J connectivity index is 2.73. The molecule has 17 heavy (non-hydrogen) atoms. The molecule has 4 heteroatoms. The summed E-state index contributed by atoms with van der Waals surface area (Å²) in [5, 5.41) is 10.0. The molecule has 0 fully saturated rings. The minimum Gasteiger partial charge on any atom is -0.328 e. The van der Waals surface area contributed by atoms with Crippen molar-refractivity contribution in [2.24, 2.45) is 0 Å². The summed E-state index contributed by atoms with van der Waals surface area (Å²) in [6.07, 6.45) is 1.90. The molecule has 0 atom stereocenters. The van der Waals surface area contributed by atoms with Crippen LogP contribution in [0.4, 0.5) is 4.39 Å². The zero-order valence-electron chi connectivity index (χ0n) is 9.50. The van der Waals surface area contributed by atoms with E-state index in [1.54, 1.807) is 16.7 Å². The van der Waals surface area contributed by atoms with Crippen molar-refractivity contribution in [2.75, 3.05) is 0 Å². The van der Waals surface area contributed by atoms with Crippen LogP contribution in [0.15, 0.2) is 18.2 Å². The molecule has 0 spiro atoms. The molecule has 0 N–H and O–H groups in total. The summed E-state index contributed by atoms with van der Waals surface area (Å²) in [5.74, 6) is -0.331. The van der Waals surface area contributed by atoms with Crippen LogP contribution in [0.5, 0.6) is 0 Å². The SMILES string of the molecule is CCCCn1c(Cl)c(C#N)c2cccc(F)c21. The van der Waals surface area contributed by atoms with Crippen LogP contribution in [0.25, 0.3) is 10.9 Å². The molecule has 0 aliphatic carbocycles. The second-order valence-electron chi connectivity index (χ2n) is 3.92. The summed E-state index contributed by atoms with van der Waals surface area (Å²) < 4.78 is 15.5. The molecular formula is C13H12ClFN2. The third-order valence-corrected chi connectivity index (χ3v) is 3.21. The van der Waals surface area contributed by atoms with Crippen molar-refractivity contribution >= 4 is 22.5 Å². The van der Waals surface area contributed by atoms with Crippen LogP contribution in [-0.2, 0) is 6.54 Å². The van der Waals surface area contributed by atoms with Crippen molar-refractivity contribution in [2.45, 2.75) is 26.3 Å². The summed E-state index contributed by atoms with van der Waals surface area (Å²) in [4.78, 5) is 0. The summed E-state index contributed by atoms with van der Waals surface area (Å²) in [5.41, 5.74) is 0.791. The molecule has 0 unspecified atom stereocenters. The number of nitrogens with zero attached hydrogens (tertiary/aromatic N) is 2. The van der Waals surface area contributed by atoms with E-state index >= 15 is 0 Å². The number of benzene rings is 1. The van der Waals surface area contributed by atoms with Crippen LogP contribution in [0.2, 0.25) is 5.15 Å². The van der Waals surface area contributed by atoms with Crippen LogP contribution in [0, 0.1) is 17.1 Å². The molecule has 1 heterocycles. The molecule has 0 aliphatic rings. The van der Waals surface area contributed by atoms with Gasteiger partial charge in [0.1, 0.15) is 17.0 Å². The Morgan fingerprint density at radius 3 is 2.88 bits per heavy atom. The maximum atomic E-state index is 13.8. The lowest BCUT2D eigenvalue weighted by Crippen LogP contribution is -1.99. The normalized spacial score (nSPS) is 10.7. The quantitative estimate of drug-likeness (QED) is 0.806. The molecule has 2 rings (SSSR count). The van der Waals surface area contributed by atoms with Crippen LogP contribution in [-0.4, -0.2) is 4.57 Å². The molecule has 0 radical (unpaired) electrons. The van der Waals surface area contributed by atoms with Crippen LogP contribution >= 0.6 is 11.6 Å². The van der Waals surface area contributed by atoms with Gasteiger partial charge in [0.25, 0.3) is 0 Å². The third-order valence-electron chi connectivity index (χ3n) is 2.82. The minimum atomic E-state index is -0.331. The highest BCUT2D eigenvalue weighted by molar-refractivity contribution is 6.32. The first-order valence-electron chi connectivity index (χ1n) is 5.57. The number of nitriles is 1. The molecule has 88 valence electrons. The summed E-state index contributed by atoms with van der Waals surface area (Å²) >= 11 is 6.13. The van der Waals surface area contributed by atoms with Gasteiger partial charge in [-0.3, -0.25) is 0 Å². The largest absolute Gasteiger partial charge is 0.328 e. The second-order valence-corrected chi connectivity index (χ2v) is 4.28. The number of aryl methyl sites for hydroxylation is 1. The average molecular weight is 251 g/mol. The van der Waals surface area contributed by atoms with Crippen LogP contribution in [0.3, 0.4) is 0 Å². The van der Waals surface area contributed by atoms with Crippen molar-refractivity contribution in [3.05, 3.63) is 34.7 Å². The molecule has 2 nitrogen and oxygen atoms in total. The molecular weight excluding hydrogens is 239 g/mol. The Labute approximate surface area is 104 Å². The van der Waals surface area contributed by atoms with Gasteiger partial charge in [-0.1, -0.05) is 37.1 Å². The zero-order valence-corrected chi connectivity index (χ0v) is 10.3. The summed E-state index contributed by atoms with van der Waals surface area (Å²) in [6, 6.07) is 6.76. The van der Waals surface area contributed by atoms with Gasteiger partial charge in [-0.05, 0) is 12.5 Å². The maximum absolute atomic E-state index is 13.8. The monoisotopic (exact) mass is 250 g/mol. The molecule has 0 bridgehead atoms. The summed E-state index contributed by atoms with van der Waals surface area (Å²) in [7, 11) is 0. The van der Waals surface area contributed by atoms with Crippen LogP contribution in [0.1, 0.15) is 25.3 Å². The predicted molar refractivity (Wildman–Crippen MR) is 66.5 cm³/mol. The minimum absolute atomic E-state index is 0.331. The highest BCUT2D eigenvalue weighted by atomic mass is 35.5. The number of unbranched alkanes of at least 4 members (excludes halogenated alkanes) is 1. The topological polar surface area (TPSA) is 28.7 Å². The van der Waals surface area contributed by atoms with E-state index in [-0.39, 0.29) is 5.82 Å². The van der Waals surface area contributed by atoms with Gasteiger partial charge in [-0.25, -0.2) is 4.39 Å². The average Bonchev–Trinajstić information content (AvgIpc) is 2.60. The first-order valence-corrected chi connectivity index (χ1v) is 5.94. The Kier molecular flexibility index (Phi) is 3.35. The smallest absolute Gasteiger partial charge is 0.147 e.